The molecule has 7 heteroatoms. The Morgan fingerprint density at radius 1 is 1.07 bits per heavy atom. The van der Waals surface area contributed by atoms with Crippen LogP contribution in [0.5, 0.6) is 5.75 Å². The molecule has 0 radical (unpaired) electrons. The van der Waals surface area contributed by atoms with Crippen LogP contribution in [0.2, 0.25) is 0 Å². The van der Waals surface area contributed by atoms with Gasteiger partial charge in [-0.1, -0.05) is 32.3 Å². The number of rotatable bonds is 8. The molecule has 2 aromatic carbocycles. The monoisotopic (exact) mass is 416 g/mol. The molecule has 2 N–H and O–H groups in total. The minimum Gasteiger partial charge on any atom is -0.494 e. The number of amides is 1. The highest BCUT2D eigenvalue weighted by molar-refractivity contribution is 7.89. The van der Waals surface area contributed by atoms with Crippen molar-refractivity contribution >= 4 is 21.6 Å². The van der Waals surface area contributed by atoms with E-state index in [0.717, 1.165) is 32.1 Å². The van der Waals surface area contributed by atoms with E-state index in [4.69, 9.17) is 4.74 Å². The SMILES string of the molecule is CCCOc1cccc(C(=O)Nc2ccc(S(=O)(=O)NC3CCCCC3)cc2)c1. The first kappa shape index (κ1) is 21.3. The quantitative estimate of drug-likeness (QED) is 0.670. The van der Waals surface area contributed by atoms with E-state index in [2.05, 4.69) is 10.0 Å². The Morgan fingerprint density at radius 3 is 2.48 bits per heavy atom. The number of carbonyl (C=O) groups excluding carboxylic acids is 1. The van der Waals surface area contributed by atoms with E-state index >= 15 is 0 Å². The van der Waals surface area contributed by atoms with Crippen LogP contribution in [0.25, 0.3) is 0 Å². The van der Waals surface area contributed by atoms with Crippen molar-refractivity contribution in [2.75, 3.05) is 11.9 Å². The van der Waals surface area contributed by atoms with Gasteiger partial charge in [-0.15, -0.1) is 0 Å². The number of carbonyl (C=O) groups is 1. The third kappa shape index (κ3) is 6.05. The Labute approximate surface area is 172 Å². The molecule has 6 nitrogen and oxygen atoms in total. The maximum atomic E-state index is 12.6. The molecule has 0 atom stereocenters. The fourth-order valence-corrected chi connectivity index (χ4v) is 4.68. The fourth-order valence-electron chi connectivity index (χ4n) is 3.38. The van der Waals surface area contributed by atoms with Crippen molar-refractivity contribution in [3.8, 4) is 5.75 Å². The van der Waals surface area contributed by atoms with Gasteiger partial charge < -0.3 is 10.1 Å². The van der Waals surface area contributed by atoms with Crippen LogP contribution in [-0.4, -0.2) is 27.0 Å². The Balaban J connectivity index is 1.63. The van der Waals surface area contributed by atoms with E-state index in [-0.39, 0.29) is 16.8 Å². The summed E-state index contributed by atoms with van der Waals surface area (Å²) in [6.07, 6.45) is 5.94. The predicted octanol–water partition coefficient (Wildman–Crippen LogP) is 4.34. The van der Waals surface area contributed by atoms with Crippen LogP contribution in [0.4, 0.5) is 5.69 Å². The van der Waals surface area contributed by atoms with Crippen molar-refractivity contribution in [2.24, 2.45) is 0 Å². The van der Waals surface area contributed by atoms with Crippen molar-refractivity contribution in [1.29, 1.82) is 0 Å². The molecule has 3 rings (SSSR count). The zero-order chi connectivity index (χ0) is 20.7. The van der Waals surface area contributed by atoms with Crippen LogP contribution in [0, 0.1) is 0 Å². The highest BCUT2D eigenvalue weighted by Crippen LogP contribution is 2.21. The summed E-state index contributed by atoms with van der Waals surface area (Å²) in [4.78, 5) is 12.7. The first-order valence-corrected chi connectivity index (χ1v) is 11.6. The van der Waals surface area contributed by atoms with Crippen LogP contribution >= 0.6 is 0 Å². The van der Waals surface area contributed by atoms with E-state index < -0.39 is 10.0 Å². The standard InChI is InChI=1S/C22H28N2O4S/c1-2-15-28-20-10-6-7-17(16-20)22(25)23-18-11-13-21(14-12-18)29(26,27)24-19-8-4-3-5-9-19/h6-7,10-14,16,19,24H,2-5,8-9,15H2,1H3,(H,23,25). The van der Waals surface area contributed by atoms with Crippen LogP contribution in [0.1, 0.15) is 55.8 Å². The van der Waals surface area contributed by atoms with E-state index in [1.54, 1.807) is 30.3 Å². The summed E-state index contributed by atoms with van der Waals surface area (Å²) < 4.78 is 33.5. The van der Waals surface area contributed by atoms with Crippen LogP contribution in [0.15, 0.2) is 53.4 Å². The highest BCUT2D eigenvalue weighted by atomic mass is 32.2. The van der Waals surface area contributed by atoms with E-state index in [9.17, 15) is 13.2 Å². The minimum absolute atomic E-state index is 0.00957. The highest BCUT2D eigenvalue weighted by Gasteiger charge is 2.21. The number of anilines is 1. The van der Waals surface area contributed by atoms with Crippen LogP contribution in [-0.2, 0) is 10.0 Å². The van der Waals surface area contributed by atoms with Gasteiger partial charge in [-0.2, -0.15) is 0 Å². The second-order valence-corrected chi connectivity index (χ2v) is 9.02. The van der Waals surface area contributed by atoms with Gasteiger partial charge in [0.2, 0.25) is 10.0 Å². The molecule has 0 aromatic heterocycles. The van der Waals surface area contributed by atoms with Crippen LogP contribution in [0.3, 0.4) is 0 Å². The fraction of sp³-hybridized carbons (Fsp3) is 0.409. The molecule has 0 saturated heterocycles. The molecule has 1 saturated carbocycles. The van der Waals surface area contributed by atoms with Gasteiger partial charge in [-0.25, -0.2) is 13.1 Å². The Bertz CT molecular complexity index is 920. The minimum atomic E-state index is -3.55. The van der Waals surface area contributed by atoms with E-state index in [1.807, 2.05) is 13.0 Å². The van der Waals surface area contributed by atoms with Gasteiger partial charge in [0.1, 0.15) is 5.75 Å². The van der Waals surface area contributed by atoms with E-state index in [0.29, 0.717) is 23.6 Å². The normalized spacial score (nSPS) is 15.1. The average Bonchev–Trinajstić information content (AvgIpc) is 2.73. The molecule has 1 aliphatic rings. The van der Waals surface area contributed by atoms with Crippen molar-refractivity contribution < 1.29 is 17.9 Å². The summed E-state index contributed by atoms with van der Waals surface area (Å²) in [5.41, 5.74) is 1.01. The third-order valence-electron chi connectivity index (χ3n) is 4.92. The van der Waals surface area contributed by atoms with Crippen molar-refractivity contribution in [3.05, 3.63) is 54.1 Å². The molecule has 2 aromatic rings. The molecule has 29 heavy (non-hydrogen) atoms. The average molecular weight is 417 g/mol. The number of sulfonamides is 1. The summed E-state index contributed by atoms with van der Waals surface area (Å²) in [6, 6.07) is 13.2. The molecule has 0 heterocycles. The van der Waals surface area contributed by atoms with Gasteiger partial charge in [-0.3, -0.25) is 4.79 Å². The lowest BCUT2D eigenvalue weighted by Gasteiger charge is -2.22. The van der Waals surface area contributed by atoms with Crippen molar-refractivity contribution in [3.63, 3.8) is 0 Å². The molecule has 0 aliphatic heterocycles. The number of ether oxygens (including phenoxy) is 1. The Kier molecular flexibility index (Phi) is 7.28. The molecule has 0 bridgehead atoms. The Hall–Kier alpha value is -2.38. The van der Waals surface area contributed by atoms with Gasteiger partial charge in [-0.05, 0) is 61.7 Å². The predicted molar refractivity (Wildman–Crippen MR) is 114 cm³/mol. The molecule has 0 spiro atoms. The molecule has 0 unspecified atom stereocenters. The lowest BCUT2D eigenvalue weighted by molar-refractivity contribution is 0.102. The zero-order valence-electron chi connectivity index (χ0n) is 16.7. The van der Waals surface area contributed by atoms with Gasteiger partial charge >= 0.3 is 0 Å². The Morgan fingerprint density at radius 2 is 1.79 bits per heavy atom. The molecular formula is C22H28N2O4S. The lowest BCUT2D eigenvalue weighted by atomic mass is 9.96. The van der Waals surface area contributed by atoms with Crippen molar-refractivity contribution in [1.82, 2.24) is 4.72 Å². The first-order valence-electron chi connectivity index (χ1n) is 10.1. The smallest absolute Gasteiger partial charge is 0.255 e. The molecule has 156 valence electrons. The van der Waals surface area contributed by atoms with Gasteiger partial charge in [0, 0.05) is 17.3 Å². The third-order valence-corrected chi connectivity index (χ3v) is 6.45. The molecule has 1 amide bonds. The summed E-state index contributed by atoms with van der Waals surface area (Å²) in [6.45, 7) is 2.61. The number of hydrogen-bond acceptors (Lipinski definition) is 4. The number of benzene rings is 2. The molecule has 1 fully saturated rings. The summed E-state index contributed by atoms with van der Waals surface area (Å²) in [5, 5.41) is 2.79. The van der Waals surface area contributed by atoms with Crippen molar-refractivity contribution in [2.45, 2.75) is 56.4 Å². The first-order chi connectivity index (χ1) is 14.0. The molecular weight excluding hydrogens is 388 g/mol. The number of nitrogens with one attached hydrogen (secondary N) is 2. The molecule has 1 aliphatic carbocycles. The van der Waals surface area contributed by atoms with Gasteiger partial charge in [0.15, 0.2) is 0 Å². The zero-order valence-corrected chi connectivity index (χ0v) is 17.5. The maximum Gasteiger partial charge on any atom is 0.255 e. The van der Waals surface area contributed by atoms with Crippen LogP contribution < -0.4 is 14.8 Å². The van der Waals surface area contributed by atoms with E-state index in [1.165, 1.54) is 18.6 Å². The van der Waals surface area contributed by atoms with Gasteiger partial charge in [0.25, 0.3) is 5.91 Å². The number of hydrogen-bond donors (Lipinski definition) is 2. The maximum absolute atomic E-state index is 12.6. The summed E-state index contributed by atoms with van der Waals surface area (Å²) in [7, 11) is -3.55. The summed E-state index contributed by atoms with van der Waals surface area (Å²) in [5.74, 6) is 0.373. The van der Waals surface area contributed by atoms with Gasteiger partial charge in [0.05, 0.1) is 11.5 Å². The lowest BCUT2D eigenvalue weighted by Crippen LogP contribution is -2.36. The second-order valence-electron chi connectivity index (χ2n) is 7.31. The second kappa shape index (κ2) is 9.89. The summed E-state index contributed by atoms with van der Waals surface area (Å²) >= 11 is 0. The largest absolute Gasteiger partial charge is 0.494 e. The topological polar surface area (TPSA) is 84.5 Å².